The zero-order valence-electron chi connectivity index (χ0n) is 8.98. The molecule has 18 heavy (non-hydrogen) atoms. The molecular weight excluding hydrogens is 265 g/mol. The normalized spacial score (nSPS) is 10.4. The smallest absolute Gasteiger partial charge is 0.144 e. The summed E-state index contributed by atoms with van der Waals surface area (Å²) in [6.45, 7) is 0. The van der Waals surface area contributed by atoms with Gasteiger partial charge in [-0.25, -0.2) is 13.2 Å². The van der Waals surface area contributed by atoms with Gasteiger partial charge in [0.2, 0.25) is 0 Å². The molecule has 0 aliphatic carbocycles. The Morgan fingerprint density at radius 1 is 0.944 bits per heavy atom. The minimum absolute atomic E-state index is 0.122. The molecule has 0 aromatic heterocycles. The van der Waals surface area contributed by atoms with Crippen molar-refractivity contribution in [1.29, 1.82) is 0 Å². The Hall–Kier alpha value is -1.88. The fourth-order valence-corrected chi connectivity index (χ4v) is 1.62. The summed E-state index contributed by atoms with van der Waals surface area (Å²) < 4.78 is 39.2. The third kappa shape index (κ3) is 2.68. The predicted octanol–water partition coefficient (Wildman–Crippen LogP) is 4.08. The Bertz CT molecular complexity index is 582. The van der Waals surface area contributed by atoms with Gasteiger partial charge in [0.15, 0.2) is 0 Å². The van der Waals surface area contributed by atoms with Crippen LogP contribution in [-0.4, -0.2) is 0 Å². The molecule has 0 aliphatic rings. The Labute approximate surface area is 106 Å². The largest absolute Gasteiger partial charge is 0.397 e. The summed E-state index contributed by atoms with van der Waals surface area (Å²) in [4.78, 5) is 0. The number of nitrogens with one attached hydrogen (secondary N) is 1. The molecule has 2 aromatic rings. The van der Waals surface area contributed by atoms with Crippen LogP contribution in [-0.2, 0) is 0 Å². The van der Waals surface area contributed by atoms with E-state index in [1.807, 2.05) is 0 Å². The van der Waals surface area contributed by atoms with E-state index in [-0.39, 0.29) is 22.1 Å². The van der Waals surface area contributed by atoms with Crippen molar-refractivity contribution in [2.75, 3.05) is 11.1 Å². The van der Waals surface area contributed by atoms with Crippen LogP contribution in [0.25, 0.3) is 0 Å². The van der Waals surface area contributed by atoms with Gasteiger partial charge >= 0.3 is 0 Å². The molecule has 0 unspecified atom stereocenters. The molecule has 0 spiro atoms. The van der Waals surface area contributed by atoms with Crippen LogP contribution in [0.15, 0.2) is 30.3 Å². The van der Waals surface area contributed by atoms with Gasteiger partial charge < -0.3 is 11.1 Å². The molecule has 2 aromatic carbocycles. The van der Waals surface area contributed by atoms with Crippen LogP contribution < -0.4 is 11.1 Å². The van der Waals surface area contributed by atoms with Gasteiger partial charge in [0, 0.05) is 17.8 Å². The van der Waals surface area contributed by atoms with Gasteiger partial charge in [0.25, 0.3) is 0 Å². The molecule has 2 rings (SSSR count). The topological polar surface area (TPSA) is 38.0 Å². The van der Waals surface area contributed by atoms with Crippen LogP contribution in [0.5, 0.6) is 0 Å². The van der Waals surface area contributed by atoms with Gasteiger partial charge in [-0.3, -0.25) is 0 Å². The zero-order valence-corrected chi connectivity index (χ0v) is 9.73. The van der Waals surface area contributed by atoms with E-state index in [4.69, 9.17) is 17.3 Å². The van der Waals surface area contributed by atoms with E-state index in [2.05, 4.69) is 5.32 Å². The lowest BCUT2D eigenvalue weighted by atomic mass is 10.2. The Kier molecular flexibility index (Phi) is 3.34. The molecule has 0 radical (unpaired) electrons. The van der Waals surface area contributed by atoms with Crippen LogP contribution in [0.2, 0.25) is 5.02 Å². The maximum absolute atomic E-state index is 13.2. The predicted molar refractivity (Wildman–Crippen MR) is 65.5 cm³/mol. The first-order valence-electron chi connectivity index (χ1n) is 4.93. The summed E-state index contributed by atoms with van der Waals surface area (Å²) in [5.74, 6) is -2.17. The highest BCUT2D eigenvalue weighted by molar-refractivity contribution is 6.31. The highest BCUT2D eigenvalue weighted by Crippen LogP contribution is 2.29. The number of nitrogens with two attached hydrogens (primary N) is 1. The van der Waals surface area contributed by atoms with Crippen LogP contribution in [0.4, 0.5) is 30.2 Å². The van der Waals surface area contributed by atoms with Crippen molar-refractivity contribution in [1.82, 2.24) is 0 Å². The van der Waals surface area contributed by atoms with Crippen molar-refractivity contribution < 1.29 is 13.2 Å². The standard InChI is InChI=1S/C12H8ClF3N2/c13-9-4-11(17)12(5-10(9)16)18-8-2-6(14)1-7(15)3-8/h1-5,18H,17H2. The van der Waals surface area contributed by atoms with Gasteiger partial charge in [-0.2, -0.15) is 0 Å². The van der Waals surface area contributed by atoms with Gasteiger partial charge in [0.1, 0.15) is 17.5 Å². The first-order chi connectivity index (χ1) is 8.45. The minimum Gasteiger partial charge on any atom is -0.397 e. The minimum atomic E-state index is -0.745. The molecule has 6 heteroatoms. The lowest BCUT2D eigenvalue weighted by molar-refractivity contribution is 0.584. The molecule has 3 N–H and O–H groups in total. The summed E-state index contributed by atoms with van der Waals surface area (Å²) in [5, 5.41) is 2.50. The quantitative estimate of drug-likeness (QED) is 0.808. The van der Waals surface area contributed by atoms with Crippen molar-refractivity contribution >= 4 is 28.7 Å². The van der Waals surface area contributed by atoms with Crippen LogP contribution in [0.3, 0.4) is 0 Å². The summed E-state index contributed by atoms with van der Waals surface area (Å²) in [6, 6.07) is 5.14. The third-order valence-corrected chi connectivity index (χ3v) is 2.52. The summed E-state index contributed by atoms with van der Waals surface area (Å²) in [5.41, 5.74) is 6.09. The van der Waals surface area contributed by atoms with Crippen molar-refractivity contribution in [2.45, 2.75) is 0 Å². The van der Waals surface area contributed by atoms with Gasteiger partial charge in [-0.05, 0) is 18.2 Å². The second kappa shape index (κ2) is 4.78. The fraction of sp³-hybridized carbons (Fsp3) is 0. The van der Waals surface area contributed by atoms with Gasteiger partial charge in [-0.1, -0.05) is 11.6 Å². The summed E-state index contributed by atoms with van der Waals surface area (Å²) in [7, 11) is 0. The molecule has 0 saturated heterocycles. The van der Waals surface area contributed by atoms with E-state index in [1.165, 1.54) is 6.07 Å². The van der Waals surface area contributed by atoms with Gasteiger partial charge in [0.05, 0.1) is 16.4 Å². The number of hydrogen-bond acceptors (Lipinski definition) is 2. The third-order valence-electron chi connectivity index (χ3n) is 2.23. The van der Waals surface area contributed by atoms with Crippen molar-refractivity contribution in [3.8, 4) is 0 Å². The van der Waals surface area contributed by atoms with E-state index in [1.54, 1.807) is 0 Å². The molecule has 0 heterocycles. The summed E-state index contributed by atoms with van der Waals surface area (Å²) in [6.07, 6.45) is 0. The number of benzene rings is 2. The monoisotopic (exact) mass is 272 g/mol. The molecule has 94 valence electrons. The zero-order chi connectivity index (χ0) is 13.3. The first kappa shape index (κ1) is 12.6. The number of halogens is 4. The average molecular weight is 273 g/mol. The van der Waals surface area contributed by atoms with Crippen LogP contribution >= 0.6 is 11.6 Å². The molecule has 0 saturated carbocycles. The highest BCUT2D eigenvalue weighted by Gasteiger charge is 2.08. The summed E-state index contributed by atoms with van der Waals surface area (Å²) >= 11 is 5.54. The van der Waals surface area contributed by atoms with E-state index in [0.29, 0.717) is 0 Å². The second-order valence-corrected chi connectivity index (χ2v) is 4.04. The van der Waals surface area contributed by atoms with E-state index >= 15 is 0 Å². The maximum Gasteiger partial charge on any atom is 0.144 e. The lowest BCUT2D eigenvalue weighted by Crippen LogP contribution is -1.98. The SMILES string of the molecule is Nc1cc(Cl)c(F)cc1Nc1cc(F)cc(F)c1. The van der Waals surface area contributed by atoms with Crippen LogP contribution in [0.1, 0.15) is 0 Å². The average Bonchev–Trinajstić information content (AvgIpc) is 2.24. The second-order valence-electron chi connectivity index (χ2n) is 3.64. The van der Waals surface area contributed by atoms with Crippen molar-refractivity contribution in [3.05, 3.63) is 52.8 Å². The molecule has 0 atom stereocenters. The van der Waals surface area contributed by atoms with Crippen molar-refractivity contribution in [2.24, 2.45) is 0 Å². The molecule has 0 amide bonds. The lowest BCUT2D eigenvalue weighted by Gasteiger charge is -2.10. The molecule has 0 aliphatic heterocycles. The Balaban J connectivity index is 2.36. The molecular formula is C12H8ClF3N2. The van der Waals surface area contributed by atoms with E-state index in [9.17, 15) is 13.2 Å². The highest BCUT2D eigenvalue weighted by atomic mass is 35.5. The van der Waals surface area contributed by atoms with E-state index < -0.39 is 17.5 Å². The molecule has 2 nitrogen and oxygen atoms in total. The number of nitrogen functional groups attached to an aromatic ring is 1. The Morgan fingerprint density at radius 2 is 1.56 bits per heavy atom. The number of anilines is 3. The van der Waals surface area contributed by atoms with E-state index in [0.717, 1.165) is 24.3 Å². The first-order valence-corrected chi connectivity index (χ1v) is 5.31. The fourth-order valence-electron chi connectivity index (χ4n) is 1.45. The van der Waals surface area contributed by atoms with Crippen LogP contribution in [0, 0.1) is 17.5 Å². The molecule has 0 fully saturated rings. The van der Waals surface area contributed by atoms with Crippen molar-refractivity contribution in [3.63, 3.8) is 0 Å². The molecule has 0 bridgehead atoms. The van der Waals surface area contributed by atoms with Gasteiger partial charge in [-0.15, -0.1) is 0 Å². The number of hydrogen-bond donors (Lipinski definition) is 2. The number of rotatable bonds is 2. The Morgan fingerprint density at radius 3 is 2.17 bits per heavy atom. The maximum atomic E-state index is 13.2.